The van der Waals surface area contributed by atoms with Gasteiger partial charge in [0.25, 0.3) is 0 Å². The first kappa shape index (κ1) is 19.0. The number of anilines is 1. The molecule has 0 spiro atoms. The molecule has 1 heterocycles. The van der Waals surface area contributed by atoms with Crippen LogP contribution >= 0.6 is 12.2 Å². The molecule has 0 saturated heterocycles. The van der Waals surface area contributed by atoms with Gasteiger partial charge in [-0.1, -0.05) is 54.6 Å². The van der Waals surface area contributed by atoms with E-state index in [0.29, 0.717) is 11.7 Å². The molecule has 0 amide bonds. The lowest BCUT2D eigenvalue weighted by atomic mass is 9.91. The van der Waals surface area contributed by atoms with Gasteiger partial charge in [-0.2, -0.15) is 0 Å². The van der Waals surface area contributed by atoms with E-state index in [-0.39, 0.29) is 5.92 Å². The van der Waals surface area contributed by atoms with Crippen molar-refractivity contribution in [3.8, 4) is 5.75 Å². The van der Waals surface area contributed by atoms with Crippen LogP contribution in [0.5, 0.6) is 5.75 Å². The lowest BCUT2D eigenvalue weighted by molar-refractivity contribution is 0.415. The largest absolute Gasteiger partial charge is 0.497 e. The molecule has 1 unspecified atom stereocenters. The molecule has 0 saturated carbocycles. The van der Waals surface area contributed by atoms with Crippen LogP contribution < -0.4 is 15.4 Å². The standard InChI is InChI=1S/C24H23N3OS/c1-28-19-11-7-10-18(14-19)27-24(29)26-15-21(17-8-3-2-4-9-17)22-16-25-23-13-6-5-12-20(22)23/h2-14,16,21,25H,15H2,1H3,(H2,26,27,29). The summed E-state index contributed by atoms with van der Waals surface area (Å²) in [5.74, 6) is 0.955. The molecule has 1 atom stereocenters. The van der Waals surface area contributed by atoms with Gasteiger partial charge in [0.05, 0.1) is 7.11 Å². The molecule has 4 aromatic rings. The molecular weight excluding hydrogens is 378 g/mol. The van der Waals surface area contributed by atoms with E-state index in [2.05, 4.69) is 64.3 Å². The first-order valence-electron chi connectivity index (χ1n) is 9.54. The second-order valence-electron chi connectivity index (χ2n) is 6.82. The zero-order valence-corrected chi connectivity index (χ0v) is 17.0. The minimum absolute atomic E-state index is 0.164. The molecule has 0 fully saturated rings. The average Bonchev–Trinajstić information content (AvgIpc) is 3.19. The normalized spacial score (nSPS) is 11.8. The van der Waals surface area contributed by atoms with Crippen molar-refractivity contribution in [2.24, 2.45) is 0 Å². The van der Waals surface area contributed by atoms with Gasteiger partial charge in [0.1, 0.15) is 5.75 Å². The van der Waals surface area contributed by atoms with Crippen LogP contribution in [0.4, 0.5) is 5.69 Å². The Bertz CT molecular complexity index is 1110. The summed E-state index contributed by atoms with van der Waals surface area (Å²) in [5, 5.41) is 8.44. The lowest BCUT2D eigenvalue weighted by Gasteiger charge is -2.20. The van der Waals surface area contributed by atoms with Gasteiger partial charge in [-0.15, -0.1) is 0 Å². The SMILES string of the molecule is COc1cccc(NC(=S)NCC(c2ccccc2)c2c[nH]c3ccccc23)c1. The summed E-state index contributed by atoms with van der Waals surface area (Å²) in [4.78, 5) is 3.39. The third-order valence-electron chi connectivity index (χ3n) is 4.99. The van der Waals surface area contributed by atoms with Gasteiger partial charge < -0.3 is 20.4 Å². The molecule has 4 rings (SSSR count). The molecule has 1 aromatic heterocycles. The van der Waals surface area contributed by atoms with Crippen molar-refractivity contribution in [2.45, 2.75) is 5.92 Å². The summed E-state index contributed by atoms with van der Waals surface area (Å²) in [5.41, 5.74) is 4.53. The molecular formula is C24H23N3OS. The Labute approximate surface area is 175 Å². The predicted molar refractivity (Wildman–Crippen MR) is 124 cm³/mol. The van der Waals surface area contributed by atoms with Crippen molar-refractivity contribution in [3.63, 3.8) is 0 Å². The van der Waals surface area contributed by atoms with Crippen LogP contribution in [0, 0.1) is 0 Å². The van der Waals surface area contributed by atoms with E-state index >= 15 is 0 Å². The molecule has 146 valence electrons. The molecule has 0 aliphatic carbocycles. The molecule has 29 heavy (non-hydrogen) atoms. The third kappa shape index (κ3) is 4.41. The third-order valence-corrected chi connectivity index (χ3v) is 5.24. The molecule has 0 bridgehead atoms. The molecule has 0 aliphatic rings. The van der Waals surface area contributed by atoms with E-state index in [1.54, 1.807) is 7.11 Å². The van der Waals surface area contributed by atoms with Crippen molar-refractivity contribution in [3.05, 3.63) is 96.2 Å². The fourth-order valence-corrected chi connectivity index (χ4v) is 3.75. The smallest absolute Gasteiger partial charge is 0.170 e. The summed E-state index contributed by atoms with van der Waals surface area (Å²) < 4.78 is 5.28. The van der Waals surface area contributed by atoms with Gasteiger partial charge in [-0.25, -0.2) is 0 Å². The second kappa shape index (κ2) is 8.80. The van der Waals surface area contributed by atoms with Crippen molar-refractivity contribution in [2.75, 3.05) is 19.0 Å². The summed E-state index contributed by atoms with van der Waals surface area (Å²) in [6.07, 6.45) is 2.10. The van der Waals surface area contributed by atoms with Crippen LogP contribution in [-0.2, 0) is 0 Å². The Morgan fingerprint density at radius 1 is 1.00 bits per heavy atom. The van der Waals surface area contributed by atoms with Crippen molar-refractivity contribution < 1.29 is 4.74 Å². The molecule has 4 nitrogen and oxygen atoms in total. The van der Waals surface area contributed by atoms with Crippen molar-refractivity contribution >= 4 is 33.9 Å². The lowest BCUT2D eigenvalue weighted by Crippen LogP contribution is -2.32. The Hall–Kier alpha value is -3.31. The van der Waals surface area contributed by atoms with E-state index in [1.807, 2.05) is 36.4 Å². The Morgan fingerprint density at radius 3 is 2.62 bits per heavy atom. The number of hydrogen-bond acceptors (Lipinski definition) is 2. The number of thiocarbonyl (C=S) groups is 1. The quantitative estimate of drug-likeness (QED) is 0.384. The maximum Gasteiger partial charge on any atom is 0.170 e. The Balaban J connectivity index is 1.54. The number of hydrogen-bond donors (Lipinski definition) is 3. The number of nitrogens with one attached hydrogen (secondary N) is 3. The minimum atomic E-state index is 0.164. The summed E-state index contributed by atoms with van der Waals surface area (Å²) in [6, 6.07) is 26.6. The molecule has 3 N–H and O–H groups in total. The number of fused-ring (bicyclic) bond motifs is 1. The fourth-order valence-electron chi connectivity index (χ4n) is 3.55. The fraction of sp³-hybridized carbons (Fsp3) is 0.125. The van der Waals surface area contributed by atoms with Crippen molar-refractivity contribution in [1.82, 2.24) is 10.3 Å². The van der Waals surface area contributed by atoms with Crippen LogP contribution in [0.25, 0.3) is 10.9 Å². The number of aromatic nitrogens is 1. The highest BCUT2D eigenvalue weighted by Crippen LogP contribution is 2.30. The molecule has 3 aromatic carbocycles. The summed E-state index contributed by atoms with van der Waals surface area (Å²) in [7, 11) is 1.65. The summed E-state index contributed by atoms with van der Waals surface area (Å²) in [6.45, 7) is 0.682. The number of para-hydroxylation sites is 1. The number of ether oxygens (including phenoxy) is 1. The van der Waals surface area contributed by atoms with E-state index in [4.69, 9.17) is 17.0 Å². The van der Waals surface area contributed by atoms with E-state index in [0.717, 1.165) is 17.0 Å². The number of benzene rings is 3. The van der Waals surface area contributed by atoms with E-state index in [9.17, 15) is 0 Å². The predicted octanol–water partition coefficient (Wildman–Crippen LogP) is 5.30. The summed E-state index contributed by atoms with van der Waals surface area (Å²) >= 11 is 5.54. The monoisotopic (exact) mass is 401 g/mol. The highest BCUT2D eigenvalue weighted by atomic mass is 32.1. The van der Waals surface area contributed by atoms with Crippen LogP contribution in [0.15, 0.2) is 85.1 Å². The molecule has 0 radical (unpaired) electrons. The molecule has 5 heteroatoms. The zero-order chi connectivity index (χ0) is 20.1. The first-order chi connectivity index (χ1) is 14.2. The number of H-pyrrole nitrogens is 1. The van der Waals surface area contributed by atoms with Crippen LogP contribution in [0.3, 0.4) is 0 Å². The topological polar surface area (TPSA) is 49.1 Å². The Kier molecular flexibility index (Phi) is 5.77. The maximum atomic E-state index is 5.54. The zero-order valence-electron chi connectivity index (χ0n) is 16.2. The number of rotatable bonds is 6. The molecule has 0 aliphatic heterocycles. The highest BCUT2D eigenvalue weighted by Gasteiger charge is 2.18. The minimum Gasteiger partial charge on any atom is -0.497 e. The van der Waals surface area contributed by atoms with Crippen LogP contribution in [0.2, 0.25) is 0 Å². The van der Waals surface area contributed by atoms with Gasteiger partial charge in [0.15, 0.2) is 5.11 Å². The van der Waals surface area contributed by atoms with Crippen molar-refractivity contribution in [1.29, 1.82) is 0 Å². The van der Waals surface area contributed by atoms with Crippen LogP contribution in [-0.4, -0.2) is 23.8 Å². The van der Waals surface area contributed by atoms with Gasteiger partial charge in [-0.3, -0.25) is 0 Å². The maximum absolute atomic E-state index is 5.54. The Morgan fingerprint density at radius 2 is 1.79 bits per heavy atom. The van der Waals surface area contributed by atoms with E-state index in [1.165, 1.54) is 16.5 Å². The van der Waals surface area contributed by atoms with Gasteiger partial charge in [0.2, 0.25) is 0 Å². The first-order valence-corrected chi connectivity index (χ1v) is 9.95. The average molecular weight is 402 g/mol. The van der Waals surface area contributed by atoms with Gasteiger partial charge in [0, 0.05) is 41.3 Å². The number of methoxy groups -OCH3 is 1. The number of aromatic amines is 1. The van der Waals surface area contributed by atoms with E-state index < -0.39 is 0 Å². The van der Waals surface area contributed by atoms with Gasteiger partial charge >= 0.3 is 0 Å². The second-order valence-corrected chi connectivity index (χ2v) is 7.23. The van der Waals surface area contributed by atoms with Crippen LogP contribution in [0.1, 0.15) is 17.0 Å². The highest BCUT2D eigenvalue weighted by molar-refractivity contribution is 7.80. The van der Waals surface area contributed by atoms with Gasteiger partial charge in [-0.05, 0) is 41.5 Å².